The van der Waals surface area contributed by atoms with Gasteiger partial charge >= 0.3 is 5.97 Å². The Kier molecular flexibility index (Phi) is 5.24. The number of ether oxygens (including phenoxy) is 2. The summed E-state index contributed by atoms with van der Waals surface area (Å²) in [4.78, 5) is 14.8. The van der Waals surface area contributed by atoms with Crippen LogP contribution in [0.5, 0.6) is 11.5 Å². The SMILES string of the molecule is CC(=O)O[C@@]12CCC(N(C)S(=O)(=O)Cc3ccccc3)C3Oc4c(O)ccc5c4[C@@]31CCN(C)[C@@H]2C5. The highest BCUT2D eigenvalue weighted by molar-refractivity contribution is 7.88. The third kappa shape index (κ3) is 3.05. The Morgan fingerprint density at radius 1 is 1.22 bits per heavy atom. The van der Waals surface area contributed by atoms with E-state index >= 15 is 0 Å². The van der Waals surface area contributed by atoms with E-state index in [1.807, 2.05) is 36.4 Å². The van der Waals surface area contributed by atoms with E-state index in [0.29, 0.717) is 31.4 Å². The highest BCUT2D eigenvalue weighted by Gasteiger charge is 2.75. The molecule has 1 saturated heterocycles. The molecule has 9 heteroatoms. The quantitative estimate of drug-likeness (QED) is 0.615. The first-order valence-corrected chi connectivity index (χ1v) is 14.1. The highest BCUT2D eigenvalue weighted by atomic mass is 32.2. The number of likely N-dealkylation sites (N-methyl/N-ethyl adjacent to an activating group) is 2. The molecule has 1 N–H and O–H groups in total. The maximum absolute atomic E-state index is 13.6. The first-order chi connectivity index (χ1) is 17.1. The van der Waals surface area contributed by atoms with Gasteiger partial charge in [0.15, 0.2) is 11.5 Å². The Morgan fingerprint density at radius 3 is 2.69 bits per heavy atom. The molecule has 0 amide bonds. The zero-order valence-electron chi connectivity index (χ0n) is 20.8. The van der Waals surface area contributed by atoms with Gasteiger partial charge in [0.05, 0.1) is 23.3 Å². The maximum atomic E-state index is 13.6. The number of phenolic OH excluding ortho intramolecular Hbond substituents is 1. The van der Waals surface area contributed by atoms with Gasteiger partial charge in [-0.1, -0.05) is 36.4 Å². The molecule has 36 heavy (non-hydrogen) atoms. The Hall–Kier alpha value is -2.62. The van der Waals surface area contributed by atoms with E-state index in [9.17, 15) is 18.3 Å². The zero-order chi connectivity index (χ0) is 25.5. The summed E-state index contributed by atoms with van der Waals surface area (Å²) in [7, 11) is 0.0136. The summed E-state index contributed by atoms with van der Waals surface area (Å²) in [5.74, 6) is -0.00304. The van der Waals surface area contributed by atoms with E-state index in [1.54, 1.807) is 13.1 Å². The molecule has 2 aliphatic carbocycles. The molecule has 1 saturated carbocycles. The Bertz CT molecular complexity index is 1330. The summed E-state index contributed by atoms with van der Waals surface area (Å²) in [6.07, 6.45) is 1.74. The number of sulfonamides is 1. The van der Waals surface area contributed by atoms with Crippen LogP contribution in [0.25, 0.3) is 0 Å². The van der Waals surface area contributed by atoms with Crippen LogP contribution in [0.1, 0.15) is 42.9 Å². The number of phenols is 1. The molecule has 2 unspecified atom stereocenters. The number of benzene rings is 2. The van der Waals surface area contributed by atoms with Crippen molar-refractivity contribution >= 4 is 16.0 Å². The van der Waals surface area contributed by atoms with Crippen LogP contribution in [0.3, 0.4) is 0 Å². The second-order valence-corrected chi connectivity index (χ2v) is 12.8. The minimum absolute atomic E-state index is 0.0418. The molecule has 0 aromatic heterocycles. The number of piperidine rings is 1. The molecule has 2 heterocycles. The van der Waals surface area contributed by atoms with Crippen molar-refractivity contribution in [2.75, 3.05) is 20.6 Å². The Balaban J connectivity index is 1.49. The summed E-state index contributed by atoms with van der Waals surface area (Å²) in [6.45, 7) is 2.20. The van der Waals surface area contributed by atoms with E-state index < -0.39 is 33.2 Å². The van der Waals surface area contributed by atoms with Crippen molar-refractivity contribution in [1.29, 1.82) is 0 Å². The lowest BCUT2D eigenvalue weighted by atomic mass is 9.48. The van der Waals surface area contributed by atoms with Gasteiger partial charge in [0.1, 0.15) is 11.7 Å². The van der Waals surface area contributed by atoms with E-state index in [0.717, 1.165) is 23.2 Å². The fourth-order valence-electron chi connectivity index (χ4n) is 7.63. The second kappa shape index (κ2) is 7.94. The molecule has 192 valence electrons. The molecule has 2 bridgehead atoms. The second-order valence-electron chi connectivity index (χ2n) is 10.8. The van der Waals surface area contributed by atoms with Gasteiger partial charge in [-0.3, -0.25) is 9.69 Å². The van der Waals surface area contributed by atoms with Crippen LogP contribution in [0, 0.1) is 0 Å². The smallest absolute Gasteiger partial charge is 0.303 e. The van der Waals surface area contributed by atoms with Crippen molar-refractivity contribution in [1.82, 2.24) is 9.21 Å². The van der Waals surface area contributed by atoms with Crippen molar-refractivity contribution in [2.45, 2.75) is 67.6 Å². The maximum Gasteiger partial charge on any atom is 0.303 e. The fraction of sp³-hybridized carbons (Fsp3) is 0.519. The van der Waals surface area contributed by atoms with Gasteiger partial charge in [-0.25, -0.2) is 8.42 Å². The van der Waals surface area contributed by atoms with Gasteiger partial charge in [-0.15, -0.1) is 0 Å². The van der Waals surface area contributed by atoms with Crippen LogP contribution in [0.2, 0.25) is 0 Å². The van der Waals surface area contributed by atoms with Gasteiger partial charge in [-0.05, 0) is 56.5 Å². The molecule has 2 aliphatic heterocycles. The van der Waals surface area contributed by atoms with Crippen LogP contribution in [0.15, 0.2) is 42.5 Å². The first kappa shape index (κ1) is 23.8. The molecular formula is C27H32N2O6S. The van der Waals surface area contributed by atoms with Crippen molar-refractivity contribution < 1.29 is 27.8 Å². The summed E-state index contributed by atoms with van der Waals surface area (Å²) >= 11 is 0. The van der Waals surface area contributed by atoms with Crippen LogP contribution < -0.4 is 4.74 Å². The van der Waals surface area contributed by atoms with E-state index in [-0.39, 0.29) is 23.5 Å². The van der Waals surface area contributed by atoms with Crippen molar-refractivity contribution in [3.63, 3.8) is 0 Å². The minimum Gasteiger partial charge on any atom is -0.504 e. The summed E-state index contributed by atoms with van der Waals surface area (Å²) in [5.41, 5.74) is 1.09. The molecule has 5 atom stereocenters. The van der Waals surface area contributed by atoms with Crippen LogP contribution >= 0.6 is 0 Å². The van der Waals surface area contributed by atoms with Crippen molar-refractivity contribution in [2.24, 2.45) is 0 Å². The molecule has 6 rings (SSSR count). The molecule has 0 radical (unpaired) electrons. The molecule has 8 nitrogen and oxygen atoms in total. The van der Waals surface area contributed by atoms with Gasteiger partial charge < -0.3 is 14.6 Å². The minimum atomic E-state index is -3.67. The monoisotopic (exact) mass is 512 g/mol. The molecule has 2 aromatic rings. The Labute approximate surface area is 211 Å². The number of esters is 1. The van der Waals surface area contributed by atoms with Crippen LogP contribution in [-0.4, -0.2) is 73.1 Å². The van der Waals surface area contributed by atoms with Crippen LogP contribution in [-0.2, 0) is 37.1 Å². The average Bonchev–Trinajstić information content (AvgIpc) is 3.18. The normalized spacial score (nSPS) is 32.6. The molecule has 2 aromatic carbocycles. The third-order valence-corrected chi connectivity index (χ3v) is 10.9. The number of hydrogen-bond acceptors (Lipinski definition) is 7. The number of carbonyl (C=O) groups excluding carboxylic acids is 1. The topological polar surface area (TPSA) is 96.4 Å². The number of likely N-dealkylation sites (tertiary alicyclic amines) is 1. The summed E-state index contributed by atoms with van der Waals surface area (Å²) in [5, 5.41) is 10.8. The van der Waals surface area contributed by atoms with Gasteiger partial charge in [0, 0.05) is 19.5 Å². The predicted octanol–water partition coefficient (Wildman–Crippen LogP) is 2.58. The van der Waals surface area contributed by atoms with Gasteiger partial charge in [0.2, 0.25) is 10.0 Å². The first-order valence-electron chi connectivity index (χ1n) is 12.5. The Morgan fingerprint density at radius 2 is 1.97 bits per heavy atom. The van der Waals surface area contributed by atoms with Gasteiger partial charge in [0.25, 0.3) is 0 Å². The fourth-order valence-corrected chi connectivity index (χ4v) is 9.07. The van der Waals surface area contributed by atoms with Crippen molar-refractivity contribution in [3.05, 3.63) is 59.2 Å². The summed E-state index contributed by atoms with van der Waals surface area (Å²) < 4.78 is 41.5. The summed E-state index contributed by atoms with van der Waals surface area (Å²) in [6, 6.07) is 12.2. The zero-order valence-corrected chi connectivity index (χ0v) is 21.6. The van der Waals surface area contributed by atoms with Gasteiger partial charge in [-0.2, -0.15) is 4.31 Å². The average molecular weight is 513 g/mol. The number of nitrogens with zero attached hydrogens (tertiary/aromatic N) is 2. The van der Waals surface area contributed by atoms with E-state index in [4.69, 9.17) is 9.47 Å². The molecule has 1 spiro atoms. The van der Waals surface area contributed by atoms with Crippen LogP contribution in [0.4, 0.5) is 0 Å². The number of carbonyl (C=O) groups is 1. The third-order valence-electron chi connectivity index (χ3n) is 9.08. The molecular weight excluding hydrogens is 480 g/mol. The highest BCUT2D eigenvalue weighted by Crippen LogP contribution is 2.67. The standard InChI is InChI=1S/C27H32N2O6S/c1-17(30)35-27-12-11-20(29(3)36(32,33)16-18-7-5-4-6-8-18)25-26(27)13-14-28(2)22(27)15-19-9-10-21(31)24(34-25)23(19)26/h4-10,20,22,25,31H,11-16H2,1-3H3/t20?,22-,25?,26+,27-/m1/s1. The number of rotatable bonds is 5. The molecule has 4 aliphatic rings. The van der Waals surface area contributed by atoms with E-state index in [2.05, 4.69) is 11.9 Å². The predicted molar refractivity (Wildman–Crippen MR) is 133 cm³/mol. The van der Waals surface area contributed by atoms with E-state index in [1.165, 1.54) is 11.2 Å². The lowest BCUT2D eigenvalue weighted by Crippen LogP contribution is -2.78. The largest absolute Gasteiger partial charge is 0.504 e. The molecule has 2 fully saturated rings. The van der Waals surface area contributed by atoms with Crippen molar-refractivity contribution in [3.8, 4) is 11.5 Å². The number of aromatic hydroxyl groups is 1. The lowest BCUT2D eigenvalue weighted by Gasteiger charge is -2.65. The lowest BCUT2D eigenvalue weighted by molar-refractivity contribution is -0.218. The number of hydrogen-bond donors (Lipinski definition) is 1.